The summed E-state index contributed by atoms with van der Waals surface area (Å²) in [6.07, 6.45) is -1.07. The van der Waals surface area contributed by atoms with Crippen LogP contribution in [0.15, 0.2) is 47.2 Å². The number of halogens is 3. The van der Waals surface area contributed by atoms with Crippen molar-refractivity contribution in [1.29, 1.82) is 0 Å². The van der Waals surface area contributed by atoms with Crippen LogP contribution in [0, 0.1) is 13.8 Å². The van der Waals surface area contributed by atoms with Gasteiger partial charge in [0.2, 0.25) is 0 Å². The van der Waals surface area contributed by atoms with Gasteiger partial charge in [-0.25, -0.2) is 4.79 Å². The van der Waals surface area contributed by atoms with Gasteiger partial charge in [0.05, 0.1) is 12.7 Å². The number of rotatable bonds is 4. The fraction of sp³-hybridized carbons (Fsp3) is 0.304. The molecule has 34 heavy (non-hydrogen) atoms. The maximum Gasteiger partial charge on any atom is 0.490 e. The number of nitrogens with zero attached hydrogens (tertiary/aromatic N) is 3. The number of carbonyl (C=O) groups excluding carboxylic acids is 1. The lowest BCUT2D eigenvalue weighted by Crippen LogP contribution is -2.36. The predicted octanol–water partition coefficient (Wildman–Crippen LogP) is 4.10. The minimum atomic E-state index is -5.08. The molecule has 3 heterocycles. The lowest BCUT2D eigenvalue weighted by molar-refractivity contribution is -0.192. The third-order valence-corrected chi connectivity index (χ3v) is 4.92. The molecule has 0 aliphatic carbocycles. The van der Waals surface area contributed by atoms with Crippen LogP contribution in [0.3, 0.4) is 0 Å². The number of hydrogen-bond donors (Lipinski definition) is 1. The first kappa shape index (κ1) is 24.7. The average molecular weight is 477 g/mol. The molecule has 2 aromatic heterocycles. The number of pyridine rings is 1. The van der Waals surface area contributed by atoms with Crippen LogP contribution in [-0.2, 0) is 24.4 Å². The van der Waals surface area contributed by atoms with E-state index in [1.165, 1.54) is 0 Å². The number of amides is 1. The van der Waals surface area contributed by atoms with E-state index in [4.69, 9.17) is 19.2 Å². The van der Waals surface area contributed by atoms with Crippen LogP contribution >= 0.6 is 0 Å². The van der Waals surface area contributed by atoms with E-state index in [1.54, 1.807) is 12.4 Å². The molecule has 0 unspecified atom stereocenters. The van der Waals surface area contributed by atoms with Crippen molar-refractivity contribution in [3.63, 3.8) is 0 Å². The molecule has 3 aromatic rings. The first-order chi connectivity index (χ1) is 16.0. The lowest BCUT2D eigenvalue weighted by Gasteiger charge is -2.26. The van der Waals surface area contributed by atoms with Crippen molar-refractivity contribution in [2.75, 3.05) is 6.54 Å². The van der Waals surface area contributed by atoms with E-state index in [2.05, 4.69) is 16.2 Å². The molecule has 0 atom stereocenters. The van der Waals surface area contributed by atoms with E-state index in [9.17, 15) is 18.0 Å². The second kappa shape index (κ2) is 10.4. The molecule has 1 aliphatic rings. The van der Waals surface area contributed by atoms with Gasteiger partial charge in [0.1, 0.15) is 23.8 Å². The molecule has 1 aliphatic heterocycles. The summed E-state index contributed by atoms with van der Waals surface area (Å²) in [6, 6.07) is 9.60. The van der Waals surface area contributed by atoms with Gasteiger partial charge in [-0.15, -0.1) is 0 Å². The second-order valence-corrected chi connectivity index (χ2v) is 7.66. The van der Waals surface area contributed by atoms with Crippen LogP contribution in [0.5, 0.6) is 5.75 Å². The van der Waals surface area contributed by atoms with Crippen LogP contribution in [-0.4, -0.2) is 44.7 Å². The normalized spacial score (nSPS) is 12.9. The number of carboxylic acid groups (broad SMARTS) is 1. The monoisotopic (exact) mass is 477 g/mol. The largest absolute Gasteiger partial charge is 0.490 e. The number of carboxylic acids is 1. The molecular formula is C23H22F3N3O5. The Balaban J connectivity index is 0.000000406. The second-order valence-electron chi connectivity index (χ2n) is 7.66. The van der Waals surface area contributed by atoms with Gasteiger partial charge in [-0.3, -0.25) is 9.78 Å². The molecule has 1 N–H and O–H groups in total. The summed E-state index contributed by atoms with van der Waals surface area (Å²) in [4.78, 5) is 27.7. The molecule has 0 bridgehead atoms. The summed E-state index contributed by atoms with van der Waals surface area (Å²) in [6.45, 7) is 5.40. The summed E-state index contributed by atoms with van der Waals surface area (Å²) in [5, 5.41) is 11.3. The number of hydrogen-bond acceptors (Lipinski definition) is 6. The topological polar surface area (TPSA) is 106 Å². The highest BCUT2D eigenvalue weighted by Crippen LogP contribution is 2.25. The van der Waals surface area contributed by atoms with E-state index in [0.29, 0.717) is 25.3 Å². The third kappa shape index (κ3) is 6.33. The Hall–Kier alpha value is -3.89. The first-order valence-electron chi connectivity index (χ1n) is 10.2. The third-order valence-electron chi connectivity index (χ3n) is 4.92. The maximum absolute atomic E-state index is 13.0. The van der Waals surface area contributed by atoms with E-state index < -0.39 is 12.1 Å². The molecule has 4 rings (SSSR count). The van der Waals surface area contributed by atoms with Crippen molar-refractivity contribution in [3.8, 4) is 5.75 Å². The van der Waals surface area contributed by atoms with Gasteiger partial charge < -0.3 is 19.3 Å². The maximum atomic E-state index is 13.0. The standard InChI is InChI=1S/C21H21N3O3.C2HF3O2/c1-14-8-15(2)10-16(9-14)21(25)24-7-5-20-18(12-24)19(23-27-20)13-26-17-4-3-6-22-11-17;3-2(4,5)1(6)7/h3-4,6,8-11H,5,7,12-13H2,1-2H3;(H,6,7). The number of fused-ring (bicyclic) bond motifs is 1. The number of alkyl halides is 3. The van der Waals surface area contributed by atoms with E-state index in [1.807, 2.05) is 43.0 Å². The fourth-order valence-corrected chi connectivity index (χ4v) is 3.42. The van der Waals surface area contributed by atoms with Crippen molar-refractivity contribution >= 4 is 11.9 Å². The molecule has 0 fully saturated rings. The van der Waals surface area contributed by atoms with E-state index in [-0.39, 0.29) is 12.5 Å². The highest BCUT2D eigenvalue weighted by Gasteiger charge is 2.38. The summed E-state index contributed by atoms with van der Waals surface area (Å²) >= 11 is 0. The molecule has 11 heteroatoms. The van der Waals surface area contributed by atoms with Crippen molar-refractivity contribution in [2.24, 2.45) is 0 Å². The Morgan fingerprint density at radius 1 is 1.21 bits per heavy atom. The van der Waals surface area contributed by atoms with Gasteiger partial charge in [-0.2, -0.15) is 13.2 Å². The van der Waals surface area contributed by atoms with E-state index in [0.717, 1.165) is 33.7 Å². The number of carbonyl (C=O) groups is 2. The number of aromatic nitrogens is 2. The van der Waals surface area contributed by atoms with E-state index >= 15 is 0 Å². The summed E-state index contributed by atoms with van der Waals surface area (Å²) < 4.78 is 42.9. The van der Waals surface area contributed by atoms with Gasteiger partial charge in [0, 0.05) is 30.3 Å². The van der Waals surface area contributed by atoms with Crippen molar-refractivity contribution in [3.05, 3.63) is 76.4 Å². The number of ether oxygens (including phenoxy) is 1. The molecule has 0 spiro atoms. The highest BCUT2D eigenvalue weighted by molar-refractivity contribution is 5.94. The quantitative estimate of drug-likeness (QED) is 0.603. The average Bonchev–Trinajstić information content (AvgIpc) is 3.19. The smallest absolute Gasteiger partial charge is 0.486 e. The molecule has 0 saturated heterocycles. The highest BCUT2D eigenvalue weighted by atomic mass is 19.4. The Bertz CT molecular complexity index is 1140. The van der Waals surface area contributed by atoms with Gasteiger partial charge in [-0.05, 0) is 38.1 Å². The number of aliphatic carboxylic acids is 1. The van der Waals surface area contributed by atoms with Crippen LogP contribution < -0.4 is 4.74 Å². The van der Waals surface area contributed by atoms with Gasteiger partial charge in [-0.1, -0.05) is 22.3 Å². The van der Waals surface area contributed by atoms with Gasteiger partial charge in [0.15, 0.2) is 0 Å². The van der Waals surface area contributed by atoms with Gasteiger partial charge in [0.25, 0.3) is 5.91 Å². The molecular weight excluding hydrogens is 455 g/mol. The molecule has 0 saturated carbocycles. The Labute approximate surface area is 193 Å². The minimum Gasteiger partial charge on any atom is -0.486 e. The van der Waals surface area contributed by atoms with Crippen LogP contribution in [0.25, 0.3) is 0 Å². The van der Waals surface area contributed by atoms with Crippen molar-refractivity contribution in [1.82, 2.24) is 15.0 Å². The van der Waals surface area contributed by atoms with Crippen LogP contribution in [0.2, 0.25) is 0 Å². The summed E-state index contributed by atoms with van der Waals surface area (Å²) in [5.74, 6) is -1.21. The molecule has 1 amide bonds. The first-order valence-corrected chi connectivity index (χ1v) is 10.2. The predicted molar refractivity (Wildman–Crippen MR) is 113 cm³/mol. The molecule has 8 nitrogen and oxygen atoms in total. The molecule has 0 radical (unpaired) electrons. The molecule has 180 valence electrons. The Morgan fingerprint density at radius 3 is 2.47 bits per heavy atom. The summed E-state index contributed by atoms with van der Waals surface area (Å²) in [7, 11) is 0. The van der Waals surface area contributed by atoms with Crippen LogP contribution in [0.4, 0.5) is 13.2 Å². The Kier molecular flexibility index (Phi) is 7.54. The van der Waals surface area contributed by atoms with Crippen LogP contribution in [0.1, 0.15) is 38.5 Å². The van der Waals surface area contributed by atoms with Crippen molar-refractivity contribution < 1.29 is 37.1 Å². The lowest BCUT2D eigenvalue weighted by atomic mass is 10.0. The fourth-order valence-electron chi connectivity index (χ4n) is 3.42. The zero-order chi connectivity index (χ0) is 24.9. The van der Waals surface area contributed by atoms with Gasteiger partial charge >= 0.3 is 12.1 Å². The number of benzene rings is 1. The number of aryl methyl sites for hydroxylation is 2. The SMILES string of the molecule is Cc1cc(C)cc(C(=O)N2CCc3onc(COc4cccnc4)c3C2)c1.O=C(O)C(F)(F)F. The zero-order valence-electron chi connectivity index (χ0n) is 18.4. The summed E-state index contributed by atoms with van der Waals surface area (Å²) in [5.41, 5.74) is 4.58. The minimum absolute atomic E-state index is 0.0350. The Morgan fingerprint density at radius 2 is 1.88 bits per heavy atom. The molecule has 1 aromatic carbocycles. The zero-order valence-corrected chi connectivity index (χ0v) is 18.4. The van der Waals surface area contributed by atoms with Crippen molar-refractivity contribution in [2.45, 2.75) is 39.6 Å².